The number of fused-ring (bicyclic) bond motifs is 1. The zero-order valence-electron chi connectivity index (χ0n) is 7.36. The summed E-state index contributed by atoms with van der Waals surface area (Å²) in [5.74, 6) is 0.220. The molecule has 0 saturated carbocycles. The van der Waals surface area contributed by atoms with Gasteiger partial charge in [-0.1, -0.05) is 11.6 Å². The number of phenols is 1. The van der Waals surface area contributed by atoms with E-state index in [4.69, 9.17) is 16.3 Å². The van der Waals surface area contributed by atoms with Gasteiger partial charge in [0.25, 0.3) is 0 Å². The average molecular weight is 211 g/mol. The van der Waals surface area contributed by atoms with E-state index < -0.39 is 0 Å². The zero-order chi connectivity index (χ0) is 10.1. The van der Waals surface area contributed by atoms with Gasteiger partial charge in [0.2, 0.25) is 0 Å². The van der Waals surface area contributed by atoms with Crippen molar-refractivity contribution in [2.24, 2.45) is 0 Å². The molecule has 0 fully saturated rings. The predicted octanol–water partition coefficient (Wildman–Crippen LogP) is 2.00. The van der Waals surface area contributed by atoms with Crippen LogP contribution in [0.2, 0.25) is 5.02 Å². The van der Waals surface area contributed by atoms with Gasteiger partial charge in [0, 0.05) is 17.6 Å². The Hall–Kier alpha value is -1.55. The van der Waals surface area contributed by atoms with Gasteiger partial charge in [-0.05, 0) is 0 Å². The van der Waals surface area contributed by atoms with Crippen LogP contribution in [0.15, 0.2) is 18.6 Å². The Morgan fingerprint density at radius 2 is 2.29 bits per heavy atom. The van der Waals surface area contributed by atoms with E-state index in [1.54, 1.807) is 12.3 Å². The molecular formula is C9H7ClN2O2. The number of methoxy groups -OCH3 is 1. The van der Waals surface area contributed by atoms with Gasteiger partial charge < -0.3 is 9.84 Å². The van der Waals surface area contributed by atoms with E-state index >= 15 is 0 Å². The topological polar surface area (TPSA) is 55.2 Å². The molecular weight excluding hydrogens is 204 g/mol. The van der Waals surface area contributed by atoms with E-state index in [1.807, 2.05) is 0 Å². The fourth-order valence-electron chi connectivity index (χ4n) is 1.21. The number of rotatable bonds is 1. The number of halogens is 1. The quantitative estimate of drug-likeness (QED) is 0.782. The maximum absolute atomic E-state index is 9.58. The molecule has 0 atom stereocenters. The van der Waals surface area contributed by atoms with Gasteiger partial charge in [0.05, 0.1) is 17.6 Å². The summed E-state index contributed by atoms with van der Waals surface area (Å²) in [4.78, 5) is 7.83. The van der Waals surface area contributed by atoms with Crippen molar-refractivity contribution in [3.63, 3.8) is 0 Å². The fraction of sp³-hybridized carbons (Fsp3) is 0.111. The van der Waals surface area contributed by atoms with Crippen LogP contribution in [0.4, 0.5) is 0 Å². The van der Waals surface area contributed by atoms with Crippen molar-refractivity contribution in [1.82, 2.24) is 9.97 Å². The molecule has 0 spiro atoms. The Kier molecular flexibility index (Phi) is 2.13. The largest absolute Gasteiger partial charge is 0.503 e. The molecule has 1 aromatic heterocycles. The van der Waals surface area contributed by atoms with Crippen molar-refractivity contribution < 1.29 is 9.84 Å². The second-order valence-electron chi connectivity index (χ2n) is 2.70. The van der Waals surface area contributed by atoms with Crippen molar-refractivity contribution in [3.8, 4) is 11.5 Å². The minimum Gasteiger partial charge on any atom is -0.503 e. The highest BCUT2D eigenvalue weighted by molar-refractivity contribution is 6.37. The summed E-state index contributed by atoms with van der Waals surface area (Å²) in [5.41, 5.74) is 0.639. The molecule has 72 valence electrons. The van der Waals surface area contributed by atoms with Gasteiger partial charge >= 0.3 is 0 Å². The van der Waals surface area contributed by atoms with Crippen LogP contribution < -0.4 is 4.74 Å². The van der Waals surface area contributed by atoms with E-state index in [0.29, 0.717) is 16.7 Å². The van der Waals surface area contributed by atoms with Crippen LogP contribution >= 0.6 is 11.6 Å². The number of benzene rings is 1. The van der Waals surface area contributed by atoms with Gasteiger partial charge in [-0.25, -0.2) is 9.97 Å². The second kappa shape index (κ2) is 3.31. The number of phenolic OH excluding ortho intramolecular Hbond substituents is 1. The van der Waals surface area contributed by atoms with Gasteiger partial charge in [-0.15, -0.1) is 0 Å². The summed E-state index contributed by atoms with van der Waals surface area (Å²) >= 11 is 5.90. The first-order valence-corrected chi connectivity index (χ1v) is 4.27. The van der Waals surface area contributed by atoms with Crippen LogP contribution in [0.1, 0.15) is 0 Å². The first kappa shape index (κ1) is 9.02. The van der Waals surface area contributed by atoms with Crippen molar-refractivity contribution in [2.45, 2.75) is 0 Å². The molecule has 2 aromatic rings. The van der Waals surface area contributed by atoms with Crippen molar-refractivity contribution in [1.29, 1.82) is 0 Å². The SMILES string of the molecule is COc1cc2ncncc2c(Cl)c1O. The van der Waals surface area contributed by atoms with E-state index in [-0.39, 0.29) is 10.8 Å². The van der Waals surface area contributed by atoms with E-state index in [0.717, 1.165) is 0 Å². The smallest absolute Gasteiger partial charge is 0.177 e. The zero-order valence-corrected chi connectivity index (χ0v) is 8.12. The molecule has 1 heterocycles. The third kappa shape index (κ3) is 1.24. The van der Waals surface area contributed by atoms with Crippen LogP contribution in [0, 0.1) is 0 Å². The highest BCUT2D eigenvalue weighted by Crippen LogP contribution is 2.38. The monoisotopic (exact) mass is 210 g/mol. The van der Waals surface area contributed by atoms with Crippen LogP contribution in [-0.4, -0.2) is 22.2 Å². The lowest BCUT2D eigenvalue weighted by atomic mass is 10.2. The molecule has 0 bridgehead atoms. The van der Waals surface area contributed by atoms with Crippen LogP contribution in [0.3, 0.4) is 0 Å². The Morgan fingerprint density at radius 3 is 3.00 bits per heavy atom. The van der Waals surface area contributed by atoms with Gasteiger partial charge in [-0.2, -0.15) is 0 Å². The summed E-state index contributed by atoms with van der Waals surface area (Å²) in [6.07, 6.45) is 2.96. The molecule has 5 heteroatoms. The molecule has 14 heavy (non-hydrogen) atoms. The Labute approximate surface area is 85.1 Å². The third-order valence-electron chi connectivity index (χ3n) is 1.91. The molecule has 4 nitrogen and oxygen atoms in total. The number of hydrogen-bond donors (Lipinski definition) is 1. The first-order chi connectivity index (χ1) is 6.74. The summed E-state index contributed by atoms with van der Waals surface area (Å²) < 4.78 is 4.94. The number of aromatic hydroxyl groups is 1. The normalized spacial score (nSPS) is 10.4. The molecule has 1 aromatic carbocycles. The molecule has 0 aliphatic carbocycles. The lowest BCUT2D eigenvalue weighted by Gasteiger charge is -2.06. The Bertz CT molecular complexity index is 487. The van der Waals surface area contributed by atoms with E-state index in [2.05, 4.69) is 9.97 Å². The third-order valence-corrected chi connectivity index (χ3v) is 2.29. The number of ether oxygens (including phenoxy) is 1. The van der Waals surface area contributed by atoms with Crippen molar-refractivity contribution in [3.05, 3.63) is 23.6 Å². The maximum Gasteiger partial charge on any atom is 0.177 e. The lowest BCUT2D eigenvalue weighted by molar-refractivity contribution is 0.374. The highest BCUT2D eigenvalue weighted by Gasteiger charge is 2.11. The van der Waals surface area contributed by atoms with Crippen LogP contribution in [-0.2, 0) is 0 Å². The minimum absolute atomic E-state index is 0.0866. The number of aromatic nitrogens is 2. The highest BCUT2D eigenvalue weighted by atomic mass is 35.5. The number of nitrogens with zero attached hydrogens (tertiary/aromatic N) is 2. The molecule has 0 aliphatic heterocycles. The Balaban J connectivity index is 2.85. The number of hydrogen-bond acceptors (Lipinski definition) is 4. The average Bonchev–Trinajstić information content (AvgIpc) is 2.23. The Morgan fingerprint density at radius 1 is 1.50 bits per heavy atom. The van der Waals surface area contributed by atoms with Crippen molar-refractivity contribution >= 4 is 22.5 Å². The summed E-state index contributed by atoms with van der Waals surface area (Å²) in [5, 5.41) is 10.4. The summed E-state index contributed by atoms with van der Waals surface area (Å²) in [7, 11) is 1.46. The van der Waals surface area contributed by atoms with Crippen molar-refractivity contribution in [2.75, 3.05) is 7.11 Å². The van der Waals surface area contributed by atoms with Gasteiger partial charge in [0.1, 0.15) is 6.33 Å². The predicted molar refractivity (Wildman–Crippen MR) is 52.8 cm³/mol. The molecule has 0 amide bonds. The minimum atomic E-state index is -0.0866. The van der Waals surface area contributed by atoms with Gasteiger partial charge in [0.15, 0.2) is 11.5 Å². The summed E-state index contributed by atoms with van der Waals surface area (Å²) in [6.45, 7) is 0. The molecule has 2 rings (SSSR count). The molecule has 0 radical (unpaired) electrons. The molecule has 0 aliphatic rings. The van der Waals surface area contributed by atoms with Gasteiger partial charge in [-0.3, -0.25) is 0 Å². The van der Waals surface area contributed by atoms with Crippen LogP contribution in [0.5, 0.6) is 11.5 Å². The fourth-order valence-corrected chi connectivity index (χ4v) is 1.45. The molecule has 0 unspecified atom stereocenters. The first-order valence-electron chi connectivity index (χ1n) is 3.89. The standard InChI is InChI=1S/C9H7ClN2O2/c1-14-7-2-6-5(3-11-4-12-6)8(10)9(7)13/h2-4,13H,1H3. The van der Waals surface area contributed by atoms with E-state index in [1.165, 1.54) is 13.4 Å². The molecule has 0 saturated heterocycles. The maximum atomic E-state index is 9.58. The second-order valence-corrected chi connectivity index (χ2v) is 3.07. The van der Waals surface area contributed by atoms with E-state index in [9.17, 15) is 5.11 Å². The summed E-state index contributed by atoms with van der Waals surface area (Å²) in [6, 6.07) is 1.61. The lowest BCUT2D eigenvalue weighted by Crippen LogP contribution is -1.88. The molecule has 1 N–H and O–H groups in total. The van der Waals surface area contributed by atoms with Crippen LogP contribution in [0.25, 0.3) is 10.9 Å².